The van der Waals surface area contributed by atoms with Crippen LogP contribution in [0, 0.1) is 11.8 Å². The number of carbonyl (C=O) groups excluding carboxylic acids is 1. The molecule has 3 fully saturated rings. The van der Waals surface area contributed by atoms with Gasteiger partial charge in [0.15, 0.2) is 0 Å². The molecule has 2 saturated heterocycles. The molecule has 4 atom stereocenters. The van der Waals surface area contributed by atoms with Crippen molar-refractivity contribution < 1.29 is 9.53 Å². The van der Waals surface area contributed by atoms with Crippen LogP contribution >= 0.6 is 0 Å². The Morgan fingerprint density at radius 3 is 2.56 bits per heavy atom. The van der Waals surface area contributed by atoms with E-state index in [1.165, 1.54) is 6.42 Å². The molecule has 0 aromatic rings. The number of morpholine rings is 1. The molecule has 4 heteroatoms. The van der Waals surface area contributed by atoms with E-state index in [0.717, 1.165) is 51.7 Å². The van der Waals surface area contributed by atoms with Crippen molar-refractivity contribution in [2.75, 3.05) is 19.6 Å². The van der Waals surface area contributed by atoms with Crippen LogP contribution in [-0.2, 0) is 9.53 Å². The third-order valence-corrected chi connectivity index (χ3v) is 4.82. The Hall–Kier alpha value is -0.610. The van der Waals surface area contributed by atoms with Gasteiger partial charge in [-0.1, -0.05) is 6.42 Å². The van der Waals surface area contributed by atoms with E-state index in [9.17, 15) is 4.79 Å². The van der Waals surface area contributed by atoms with Gasteiger partial charge < -0.3 is 15.4 Å². The van der Waals surface area contributed by atoms with E-state index in [1.807, 2.05) is 0 Å². The molecule has 3 rings (SSSR count). The Labute approximate surface area is 109 Å². The Morgan fingerprint density at radius 1 is 1.17 bits per heavy atom. The number of fused-ring (bicyclic) bond motifs is 2. The van der Waals surface area contributed by atoms with E-state index >= 15 is 0 Å². The molecule has 18 heavy (non-hydrogen) atoms. The highest BCUT2D eigenvalue weighted by molar-refractivity contribution is 5.79. The highest BCUT2D eigenvalue weighted by Crippen LogP contribution is 2.32. The molecule has 0 spiro atoms. The molecule has 0 aromatic carbocycles. The van der Waals surface area contributed by atoms with E-state index in [1.54, 1.807) is 0 Å². The first kappa shape index (κ1) is 12.4. The van der Waals surface area contributed by atoms with Gasteiger partial charge in [-0.15, -0.1) is 0 Å². The zero-order valence-electron chi connectivity index (χ0n) is 11.0. The van der Waals surface area contributed by atoms with E-state index in [-0.39, 0.29) is 5.92 Å². The molecule has 2 aliphatic heterocycles. The highest BCUT2D eigenvalue weighted by Gasteiger charge is 2.38. The summed E-state index contributed by atoms with van der Waals surface area (Å²) in [7, 11) is 0. The van der Waals surface area contributed by atoms with Crippen molar-refractivity contribution in [3.05, 3.63) is 0 Å². The molecule has 0 radical (unpaired) electrons. The van der Waals surface area contributed by atoms with E-state index < -0.39 is 0 Å². The zero-order chi connectivity index (χ0) is 12.5. The summed E-state index contributed by atoms with van der Waals surface area (Å²) in [5.74, 6) is 1.16. The number of likely N-dealkylation sites (tertiary alicyclic amines) is 1. The summed E-state index contributed by atoms with van der Waals surface area (Å²) in [5, 5.41) is 0. The van der Waals surface area contributed by atoms with Gasteiger partial charge in [0.05, 0.1) is 12.2 Å². The monoisotopic (exact) mass is 252 g/mol. The summed E-state index contributed by atoms with van der Waals surface area (Å²) in [4.78, 5) is 14.6. The van der Waals surface area contributed by atoms with Crippen LogP contribution in [0.25, 0.3) is 0 Å². The number of hydrogen-bond acceptors (Lipinski definition) is 3. The van der Waals surface area contributed by atoms with Crippen LogP contribution in [-0.4, -0.2) is 42.6 Å². The van der Waals surface area contributed by atoms with Gasteiger partial charge in [-0.3, -0.25) is 4.79 Å². The van der Waals surface area contributed by atoms with Gasteiger partial charge in [0.2, 0.25) is 5.91 Å². The second-order valence-electron chi connectivity index (χ2n) is 6.17. The molecular formula is C14H24N2O2. The van der Waals surface area contributed by atoms with Gasteiger partial charge >= 0.3 is 0 Å². The summed E-state index contributed by atoms with van der Waals surface area (Å²) >= 11 is 0. The number of rotatable bonds is 2. The van der Waals surface area contributed by atoms with Crippen LogP contribution < -0.4 is 5.73 Å². The number of nitrogens with two attached hydrogens (primary N) is 1. The predicted octanol–water partition coefficient (Wildman–Crippen LogP) is 1.14. The first-order chi connectivity index (χ1) is 8.76. The first-order valence-electron chi connectivity index (χ1n) is 7.40. The molecule has 4 nitrogen and oxygen atoms in total. The molecule has 2 N–H and O–H groups in total. The Bertz CT molecular complexity index is 309. The predicted molar refractivity (Wildman–Crippen MR) is 69.0 cm³/mol. The smallest absolute Gasteiger partial charge is 0.225 e. The fourth-order valence-corrected chi connectivity index (χ4v) is 3.78. The summed E-state index contributed by atoms with van der Waals surface area (Å²) < 4.78 is 5.79. The van der Waals surface area contributed by atoms with Crippen LogP contribution in [0.4, 0.5) is 0 Å². The van der Waals surface area contributed by atoms with Gasteiger partial charge in [0.1, 0.15) is 0 Å². The van der Waals surface area contributed by atoms with Crippen LogP contribution in [0.1, 0.15) is 38.5 Å². The van der Waals surface area contributed by atoms with Gasteiger partial charge in [-0.2, -0.15) is 0 Å². The topological polar surface area (TPSA) is 55.6 Å². The van der Waals surface area contributed by atoms with Gasteiger partial charge in [-0.25, -0.2) is 0 Å². The molecule has 0 aromatic heterocycles. The lowest BCUT2D eigenvalue weighted by Gasteiger charge is -2.36. The van der Waals surface area contributed by atoms with Crippen molar-refractivity contribution in [3.8, 4) is 0 Å². The van der Waals surface area contributed by atoms with Crippen molar-refractivity contribution in [3.63, 3.8) is 0 Å². The molecule has 1 saturated carbocycles. The normalized spacial score (nSPS) is 39.9. The molecule has 102 valence electrons. The maximum Gasteiger partial charge on any atom is 0.225 e. The standard InChI is InChI=1S/C14H24N2O2/c15-7-10-2-1-3-11(6-10)14(17)16-8-12-4-5-13(9-16)18-12/h10-13H,1-9,15H2. The Morgan fingerprint density at radius 2 is 1.89 bits per heavy atom. The quantitative estimate of drug-likeness (QED) is 0.802. The van der Waals surface area contributed by atoms with Crippen LogP contribution in [0.2, 0.25) is 0 Å². The third kappa shape index (κ3) is 2.41. The highest BCUT2D eigenvalue weighted by atomic mass is 16.5. The van der Waals surface area contributed by atoms with E-state index in [2.05, 4.69) is 4.90 Å². The Kier molecular flexibility index (Phi) is 3.57. The summed E-state index contributed by atoms with van der Waals surface area (Å²) in [6.07, 6.45) is 7.30. The molecule has 2 heterocycles. The average molecular weight is 252 g/mol. The number of ether oxygens (including phenoxy) is 1. The lowest BCUT2D eigenvalue weighted by Crippen LogP contribution is -2.48. The minimum absolute atomic E-state index is 0.227. The number of nitrogens with zero attached hydrogens (tertiary/aromatic N) is 1. The van der Waals surface area contributed by atoms with Crippen molar-refractivity contribution in [2.24, 2.45) is 17.6 Å². The fourth-order valence-electron chi connectivity index (χ4n) is 3.78. The van der Waals surface area contributed by atoms with Crippen LogP contribution in [0.5, 0.6) is 0 Å². The second-order valence-corrected chi connectivity index (χ2v) is 6.17. The number of hydrogen-bond donors (Lipinski definition) is 1. The van der Waals surface area contributed by atoms with Crippen molar-refractivity contribution in [1.29, 1.82) is 0 Å². The largest absolute Gasteiger partial charge is 0.371 e. The maximum atomic E-state index is 12.6. The fraction of sp³-hybridized carbons (Fsp3) is 0.929. The lowest BCUT2D eigenvalue weighted by molar-refractivity contribution is -0.145. The van der Waals surface area contributed by atoms with Gasteiger partial charge in [0.25, 0.3) is 0 Å². The summed E-state index contributed by atoms with van der Waals surface area (Å²) in [6.45, 7) is 2.37. The summed E-state index contributed by atoms with van der Waals surface area (Å²) in [5.41, 5.74) is 5.75. The molecule has 3 aliphatic rings. The number of carbonyl (C=O) groups is 1. The van der Waals surface area contributed by atoms with Crippen molar-refractivity contribution in [1.82, 2.24) is 4.90 Å². The number of amides is 1. The maximum absolute atomic E-state index is 12.6. The second kappa shape index (κ2) is 5.17. The molecule has 4 unspecified atom stereocenters. The zero-order valence-corrected chi connectivity index (χ0v) is 11.0. The minimum Gasteiger partial charge on any atom is -0.371 e. The van der Waals surface area contributed by atoms with Crippen molar-refractivity contribution >= 4 is 5.91 Å². The minimum atomic E-state index is 0.227. The third-order valence-electron chi connectivity index (χ3n) is 4.82. The first-order valence-corrected chi connectivity index (χ1v) is 7.40. The Balaban J connectivity index is 1.60. The summed E-state index contributed by atoms with van der Waals surface area (Å²) in [6, 6.07) is 0. The van der Waals surface area contributed by atoms with Crippen molar-refractivity contribution in [2.45, 2.75) is 50.7 Å². The molecule has 1 amide bonds. The van der Waals surface area contributed by atoms with E-state index in [4.69, 9.17) is 10.5 Å². The SMILES string of the molecule is NCC1CCCC(C(=O)N2CC3CCC(C2)O3)C1. The van der Waals surface area contributed by atoms with Gasteiger partial charge in [0, 0.05) is 19.0 Å². The lowest BCUT2D eigenvalue weighted by atomic mass is 9.80. The van der Waals surface area contributed by atoms with Gasteiger partial charge in [-0.05, 0) is 44.6 Å². The average Bonchev–Trinajstić information content (AvgIpc) is 2.76. The molecule has 1 aliphatic carbocycles. The molecular weight excluding hydrogens is 228 g/mol. The van der Waals surface area contributed by atoms with Crippen LogP contribution in [0.15, 0.2) is 0 Å². The molecule has 2 bridgehead atoms. The van der Waals surface area contributed by atoms with E-state index in [0.29, 0.717) is 24.0 Å². The van der Waals surface area contributed by atoms with Crippen LogP contribution in [0.3, 0.4) is 0 Å².